The van der Waals surface area contributed by atoms with Gasteiger partial charge in [-0.25, -0.2) is 13.4 Å². The Morgan fingerprint density at radius 2 is 1.73 bits per heavy atom. The van der Waals surface area contributed by atoms with Gasteiger partial charge in [0.15, 0.2) is 0 Å². The van der Waals surface area contributed by atoms with Crippen molar-refractivity contribution in [2.24, 2.45) is 0 Å². The SMILES string of the molecule is Cc1ccc2nc(-c3ccc(NC(=O)CN4CCN(S(=O)(=O)c5cc(Cl)ccc5Cl)CC4)cc3)sc2c1. The summed E-state index contributed by atoms with van der Waals surface area (Å²) in [6.07, 6.45) is 0. The third-order valence-electron chi connectivity index (χ3n) is 6.17. The average Bonchev–Trinajstić information content (AvgIpc) is 3.29. The molecule has 37 heavy (non-hydrogen) atoms. The van der Waals surface area contributed by atoms with E-state index in [2.05, 4.69) is 24.4 Å². The molecule has 1 amide bonds. The monoisotopic (exact) mass is 574 g/mol. The average molecular weight is 576 g/mol. The lowest BCUT2D eigenvalue weighted by Gasteiger charge is -2.33. The van der Waals surface area contributed by atoms with E-state index in [1.807, 2.05) is 35.2 Å². The zero-order valence-corrected chi connectivity index (χ0v) is 23.1. The van der Waals surface area contributed by atoms with Crippen LogP contribution in [-0.4, -0.2) is 61.2 Å². The van der Waals surface area contributed by atoms with Crippen molar-refractivity contribution in [2.75, 3.05) is 38.0 Å². The number of fused-ring (bicyclic) bond motifs is 1. The number of hydrogen-bond acceptors (Lipinski definition) is 6. The molecule has 192 valence electrons. The highest BCUT2D eigenvalue weighted by molar-refractivity contribution is 7.89. The molecule has 7 nitrogen and oxygen atoms in total. The number of nitrogens with one attached hydrogen (secondary N) is 1. The van der Waals surface area contributed by atoms with Gasteiger partial charge in [0.1, 0.15) is 9.90 Å². The summed E-state index contributed by atoms with van der Waals surface area (Å²) >= 11 is 13.7. The third kappa shape index (κ3) is 5.82. The largest absolute Gasteiger partial charge is 0.325 e. The number of hydrogen-bond donors (Lipinski definition) is 1. The highest BCUT2D eigenvalue weighted by Crippen LogP contribution is 2.31. The van der Waals surface area contributed by atoms with Gasteiger partial charge in [0.2, 0.25) is 15.9 Å². The van der Waals surface area contributed by atoms with Crippen molar-refractivity contribution in [1.82, 2.24) is 14.2 Å². The van der Waals surface area contributed by atoms with Crippen LogP contribution in [0.1, 0.15) is 5.56 Å². The summed E-state index contributed by atoms with van der Waals surface area (Å²) in [6, 6.07) is 18.2. The third-order valence-corrected chi connectivity index (χ3v) is 9.85. The number of thiazole rings is 1. The molecule has 1 saturated heterocycles. The van der Waals surface area contributed by atoms with Gasteiger partial charge in [-0.15, -0.1) is 11.3 Å². The molecule has 0 spiro atoms. The summed E-state index contributed by atoms with van der Waals surface area (Å²) in [6.45, 7) is 3.62. The number of halogens is 2. The first kappa shape index (κ1) is 26.1. The van der Waals surface area contributed by atoms with E-state index in [9.17, 15) is 13.2 Å². The summed E-state index contributed by atoms with van der Waals surface area (Å²) in [5, 5.41) is 4.30. The van der Waals surface area contributed by atoms with Gasteiger partial charge >= 0.3 is 0 Å². The van der Waals surface area contributed by atoms with Gasteiger partial charge in [-0.2, -0.15) is 4.31 Å². The number of amides is 1. The molecule has 4 aromatic rings. The Morgan fingerprint density at radius 3 is 2.46 bits per heavy atom. The number of carbonyl (C=O) groups is 1. The molecule has 0 bridgehead atoms. The zero-order valence-electron chi connectivity index (χ0n) is 19.9. The van der Waals surface area contributed by atoms with Gasteiger partial charge in [-0.3, -0.25) is 9.69 Å². The van der Waals surface area contributed by atoms with Crippen LogP contribution in [0.2, 0.25) is 10.0 Å². The summed E-state index contributed by atoms with van der Waals surface area (Å²) < 4.78 is 28.5. The maximum absolute atomic E-state index is 13.0. The molecule has 1 N–H and O–H groups in total. The van der Waals surface area contributed by atoms with E-state index < -0.39 is 10.0 Å². The van der Waals surface area contributed by atoms with Crippen molar-refractivity contribution in [3.8, 4) is 10.6 Å². The fourth-order valence-electron chi connectivity index (χ4n) is 4.20. The van der Waals surface area contributed by atoms with E-state index in [0.29, 0.717) is 23.8 Å². The molecule has 1 fully saturated rings. The Morgan fingerprint density at radius 1 is 1.00 bits per heavy atom. The molecule has 0 saturated carbocycles. The number of aromatic nitrogens is 1. The number of aryl methyl sites for hydroxylation is 1. The maximum Gasteiger partial charge on any atom is 0.244 e. The number of carbonyl (C=O) groups excluding carboxylic acids is 1. The maximum atomic E-state index is 13.0. The van der Waals surface area contributed by atoms with Crippen molar-refractivity contribution in [2.45, 2.75) is 11.8 Å². The Kier molecular flexibility index (Phi) is 7.53. The number of rotatable bonds is 6. The number of anilines is 1. The summed E-state index contributed by atoms with van der Waals surface area (Å²) in [7, 11) is -3.77. The second kappa shape index (κ2) is 10.7. The standard InChI is InChI=1S/C26H24Cl2N4O3S2/c1-17-2-9-22-23(14-17)36-26(30-22)18-3-6-20(7-4-18)29-25(33)16-31-10-12-32(13-11-31)37(34,35)24-15-19(27)5-8-21(24)28/h2-9,14-15H,10-13,16H2,1H3,(H,29,33). The first-order valence-corrected chi connectivity index (χ1v) is 14.7. The fourth-order valence-corrected chi connectivity index (χ4v) is 7.43. The summed E-state index contributed by atoms with van der Waals surface area (Å²) in [4.78, 5) is 19.3. The summed E-state index contributed by atoms with van der Waals surface area (Å²) in [5.74, 6) is -0.155. The van der Waals surface area contributed by atoms with Crippen molar-refractivity contribution < 1.29 is 13.2 Å². The first-order chi connectivity index (χ1) is 17.7. The van der Waals surface area contributed by atoms with Crippen LogP contribution in [0.15, 0.2) is 65.6 Å². The molecule has 0 aliphatic carbocycles. The second-order valence-electron chi connectivity index (χ2n) is 8.87. The number of nitrogens with zero attached hydrogens (tertiary/aromatic N) is 3. The smallest absolute Gasteiger partial charge is 0.244 e. The van der Waals surface area contributed by atoms with E-state index in [1.165, 1.54) is 22.0 Å². The van der Waals surface area contributed by atoms with Crippen LogP contribution in [0, 0.1) is 6.92 Å². The van der Waals surface area contributed by atoms with E-state index in [-0.39, 0.29) is 35.5 Å². The topological polar surface area (TPSA) is 82.6 Å². The molecule has 5 rings (SSSR count). The fraction of sp³-hybridized carbons (Fsp3) is 0.231. The minimum atomic E-state index is -3.77. The normalized spacial score (nSPS) is 15.2. The quantitative estimate of drug-likeness (QED) is 0.327. The van der Waals surface area contributed by atoms with Gasteiger partial charge in [0.05, 0.1) is 21.8 Å². The van der Waals surface area contributed by atoms with Crippen molar-refractivity contribution in [1.29, 1.82) is 0 Å². The highest BCUT2D eigenvalue weighted by atomic mass is 35.5. The van der Waals surface area contributed by atoms with Gasteiger partial charge in [-0.1, -0.05) is 29.3 Å². The van der Waals surface area contributed by atoms with Crippen LogP contribution in [0.4, 0.5) is 5.69 Å². The minimum absolute atomic E-state index is 0.00253. The molecule has 0 radical (unpaired) electrons. The van der Waals surface area contributed by atoms with Gasteiger partial charge in [-0.05, 0) is 67.1 Å². The lowest BCUT2D eigenvalue weighted by molar-refractivity contribution is -0.117. The molecule has 1 aliphatic rings. The Balaban J connectivity index is 1.16. The molecular weight excluding hydrogens is 551 g/mol. The Hall–Kier alpha value is -2.53. The molecule has 0 atom stereocenters. The number of sulfonamides is 1. The molecule has 11 heteroatoms. The van der Waals surface area contributed by atoms with Gasteiger partial charge in [0, 0.05) is 42.5 Å². The second-order valence-corrected chi connectivity index (χ2v) is 12.7. The first-order valence-electron chi connectivity index (χ1n) is 11.6. The van der Waals surface area contributed by atoms with Crippen LogP contribution in [-0.2, 0) is 14.8 Å². The van der Waals surface area contributed by atoms with E-state index in [0.717, 1.165) is 20.8 Å². The minimum Gasteiger partial charge on any atom is -0.325 e. The predicted molar refractivity (Wildman–Crippen MR) is 150 cm³/mol. The summed E-state index contributed by atoms with van der Waals surface area (Å²) in [5.41, 5.74) is 3.87. The molecule has 1 aromatic heterocycles. The highest BCUT2D eigenvalue weighted by Gasteiger charge is 2.30. The zero-order chi connectivity index (χ0) is 26.2. The van der Waals surface area contributed by atoms with Gasteiger partial charge in [0.25, 0.3) is 0 Å². The molecule has 0 unspecified atom stereocenters. The predicted octanol–water partition coefficient (Wildman–Crippen LogP) is 5.52. The van der Waals surface area contributed by atoms with Gasteiger partial charge < -0.3 is 5.32 Å². The van der Waals surface area contributed by atoms with Crippen LogP contribution in [0.25, 0.3) is 20.8 Å². The van der Waals surface area contributed by atoms with Crippen LogP contribution in [0.3, 0.4) is 0 Å². The Bertz CT molecular complexity index is 1560. The van der Waals surface area contributed by atoms with E-state index in [1.54, 1.807) is 17.4 Å². The Labute approximate surface area is 229 Å². The number of benzene rings is 3. The van der Waals surface area contributed by atoms with Crippen LogP contribution in [0.5, 0.6) is 0 Å². The van der Waals surface area contributed by atoms with Crippen LogP contribution >= 0.6 is 34.5 Å². The molecule has 3 aromatic carbocycles. The molecular formula is C26H24Cl2N4O3S2. The molecule has 2 heterocycles. The van der Waals surface area contributed by atoms with E-state index in [4.69, 9.17) is 28.2 Å². The number of piperazine rings is 1. The lowest BCUT2D eigenvalue weighted by atomic mass is 10.2. The lowest BCUT2D eigenvalue weighted by Crippen LogP contribution is -2.50. The van der Waals surface area contributed by atoms with Crippen LogP contribution < -0.4 is 5.32 Å². The molecule has 1 aliphatic heterocycles. The van der Waals surface area contributed by atoms with Crippen molar-refractivity contribution in [3.63, 3.8) is 0 Å². The van der Waals surface area contributed by atoms with Crippen molar-refractivity contribution in [3.05, 3.63) is 76.3 Å². The van der Waals surface area contributed by atoms with E-state index >= 15 is 0 Å². The van der Waals surface area contributed by atoms with Crippen molar-refractivity contribution >= 4 is 66.4 Å².